The van der Waals surface area contributed by atoms with Gasteiger partial charge in [-0.05, 0) is 30.0 Å². The van der Waals surface area contributed by atoms with Crippen molar-refractivity contribution < 1.29 is 28.6 Å². The van der Waals surface area contributed by atoms with Crippen molar-refractivity contribution in [3.05, 3.63) is 29.8 Å². The van der Waals surface area contributed by atoms with Gasteiger partial charge in [-0.1, -0.05) is 26.0 Å². The number of hydrogen-bond acceptors (Lipinski definition) is 6. The van der Waals surface area contributed by atoms with Crippen LogP contribution in [0.2, 0.25) is 0 Å². The Bertz CT molecular complexity index is 757. The van der Waals surface area contributed by atoms with Crippen LogP contribution in [0, 0.1) is 11.8 Å². The van der Waals surface area contributed by atoms with Gasteiger partial charge in [-0.25, -0.2) is 9.69 Å². The summed E-state index contributed by atoms with van der Waals surface area (Å²) in [5, 5.41) is 0. The van der Waals surface area contributed by atoms with Crippen LogP contribution < -0.4 is 4.74 Å². The van der Waals surface area contributed by atoms with Crippen LogP contribution in [0.3, 0.4) is 0 Å². The van der Waals surface area contributed by atoms with Gasteiger partial charge in [0.25, 0.3) is 0 Å². The Balaban J connectivity index is 1.80. The smallest absolute Gasteiger partial charge is 0.416 e. The molecule has 0 saturated carbocycles. The van der Waals surface area contributed by atoms with Crippen molar-refractivity contribution in [3.63, 3.8) is 0 Å². The second-order valence-corrected chi connectivity index (χ2v) is 8.04. The molecule has 2 saturated heterocycles. The molecule has 0 N–H and O–H groups in total. The van der Waals surface area contributed by atoms with E-state index in [4.69, 9.17) is 14.2 Å². The van der Waals surface area contributed by atoms with Crippen LogP contribution in [0.4, 0.5) is 4.79 Å². The van der Waals surface area contributed by atoms with Crippen LogP contribution >= 0.6 is 0 Å². The van der Waals surface area contributed by atoms with Gasteiger partial charge in [0.15, 0.2) is 0 Å². The fraction of sp³-hybridized carbons (Fsp3) is 0.591. The summed E-state index contributed by atoms with van der Waals surface area (Å²) in [6, 6.07) is 7.08. The molecule has 30 heavy (non-hydrogen) atoms. The molecule has 2 aliphatic heterocycles. The summed E-state index contributed by atoms with van der Waals surface area (Å²) in [7, 11) is 1.59. The van der Waals surface area contributed by atoms with Crippen LogP contribution in [0.5, 0.6) is 5.75 Å². The first-order chi connectivity index (χ1) is 14.4. The number of nitrogens with zero attached hydrogens (tertiary/aromatic N) is 2. The molecule has 3 rings (SSSR count). The fourth-order valence-electron chi connectivity index (χ4n) is 3.82. The minimum Gasteiger partial charge on any atom is -0.497 e. The maximum absolute atomic E-state index is 13.4. The Labute approximate surface area is 177 Å². The van der Waals surface area contributed by atoms with Crippen LogP contribution in [-0.2, 0) is 25.5 Å². The molecule has 2 heterocycles. The van der Waals surface area contributed by atoms with Crippen LogP contribution in [0.15, 0.2) is 24.3 Å². The van der Waals surface area contributed by atoms with Crippen molar-refractivity contribution in [2.24, 2.45) is 11.8 Å². The van der Waals surface area contributed by atoms with Crippen molar-refractivity contribution in [3.8, 4) is 5.75 Å². The third-order valence-electron chi connectivity index (χ3n) is 5.69. The summed E-state index contributed by atoms with van der Waals surface area (Å²) in [5.41, 5.74) is 0.901. The van der Waals surface area contributed by atoms with E-state index in [1.807, 2.05) is 38.1 Å². The number of methoxy groups -OCH3 is 1. The quantitative estimate of drug-likeness (QED) is 0.674. The third kappa shape index (κ3) is 5.11. The number of ether oxygens (including phenoxy) is 3. The van der Waals surface area contributed by atoms with Crippen molar-refractivity contribution in [2.75, 3.05) is 40.0 Å². The number of benzene rings is 1. The van der Waals surface area contributed by atoms with E-state index < -0.39 is 12.0 Å². The van der Waals surface area contributed by atoms with Gasteiger partial charge in [-0.3, -0.25) is 9.59 Å². The summed E-state index contributed by atoms with van der Waals surface area (Å²) in [4.78, 5) is 41.5. The van der Waals surface area contributed by atoms with Crippen molar-refractivity contribution in [1.82, 2.24) is 9.80 Å². The van der Waals surface area contributed by atoms with Gasteiger partial charge < -0.3 is 19.1 Å². The SMILES string of the molecule is COc1ccc(C[C@H](CC(=O)N2CCOCC2)C(=O)N2C(=O)OCC2C(C)C)cc1. The molecule has 0 aromatic heterocycles. The zero-order valence-electron chi connectivity index (χ0n) is 17.8. The van der Waals surface area contributed by atoms with Crippen molar-refractivity contribution in [2.45, 2.75) is 32.7 Å². The molecule has 164 valence electrons. The number of morpholine rings is 1. The zero-order chi connectivity index (χ0) is 21.7. The largest absolute Gasteiger partial charge is 0.497 e. The van der Waals surface area contributed by atoms with E-state index >= 15 is 0 Å². The van der Waals surface area contributed by atoms with E-state index in [0.29, 0.717) is 38.5 Å². The second-order valence-electron chi connectivity index (χ2n) is 8.04. The molecule has 2 fully saturated rings. The average molecular weight is 418 g/mol. The van der Waals surface area contributed by atoms with E-state index in [1.54, 1.807) is 12.0 Å². The molecule has 1 aromatic carbocycles. The minimum atomic E-state index is -0.652. The van der Waals surface area contributed by atoms with E-state index in [1.165, 1.54) is 4.90 Å². The van der Waals surface area contributed by atoms with Gasteiger partial charge in [0.05, 0.1) is 32.3 Å². The molecule has 2 atom stereocenters. The Morgan fingerprint density at radius 2 is 1.83 bits per heavy atom. The van der Waals surface area contributed by atoms with E-state index in [0.717, 1.165) is 5.56 Å². The van der Waals surface area contributed by atoms with Crippen LogP contribution in [-0.4, -0.2) is 73.8 Å². The predicted octanol–water partition coefficient (Wildman–Crippen LogP) is 2.11. The van der Waals surface area contributed by atoms with E-state index in [-0.39, 0.29) is 36.8 Å². The Morgan fingerprint density at radius 1 is 1.17 bits per heavy atom. The predicted molar refractivity (Wildman–Crippen MR) is 109 cm³/mol. The highest BCUT2D eigenvalue weighted by Gasteiger charge is 2.42. The number of carbonyl (C=O) groups is 3. The number of cyclic esters (lactones) is 1. The summed E-state index contributed by atoms with van der Waals surface area (Å²) in [5.74, 6) is -0.320. The molecule has 2 aliphatic rings. The fourth-order valence-corrected chi connectivity index (χ4v) is 3.82. The molecule has 0 spiro atoms. The lowest BCUT2D eigenvalue weighted by Gasteiger charge is -2.30. The van der Waals surface area contributed by atoms with Crippen LogP contribution in [0.1, 0.15) is 25.8 Å². The van der Waals surface area contributed by atoms with Gasteiger partial charge >= 0.3 is 6.09 Å². The molecule has 0 bridgehead atoms. The number of carbonyl (C=O) groups excluding carboxylic acids is 3. The monoisotopic (exact) mass is 418 g/mol. The summed E-state index contributed by atoms with van der Waals surface area (Å²) >= 11 is 0. The summed E-state index contributed by atoms with van der Waals surface area (Å²) < 4.78 is 15.7. The van der Waals surface area contributed by atoms with E-state index in [9.17, 15) is 14.4 Å². The van der Waals surface area contributed by atoms with Gasteiger partial charge in [-0.2, -0.15) is 0 Å². The highest BCUT2D eigenvalue weighted by Crippen LogP contribution is 2.26. The zero-order valence-corrected chi connectivity index (χ0v) is 17.8. The lowest BCUT2D eigenvalue weighted by atomic mass is 9.92. The van der Waals surface area contributed by atoms with Gasteiger partial charge in [0.1, 0.15) is 12.4 Å². The maximum atomic E-state index is 13.4. The number of rotatable bonds is 7. The van der Waals surface area contributed by atoms with Gasteiger partial charge in [0, 0.05) is 19.5 Å². The first kappa shape index (κ1) is 22.1. The molecular weight excluding hydrogens is 388 g/mol. The molecule has 3 amide bonds. The molecule has 8 heteroatoms. The minimum absolute atomic E-state index is 0.0411. The van der Waals surface area contributed by atoms with Crippen LogP contribution in [0.25, 0.3) is 0 Å². The molecule has 1 unspecified atom stereocenters. The maximum Gasteiger partial charge on any atom is 0.416 e. The lowest BCUT2D eigenvalue weighted by Crippen LogP contribution is -2.47. The molecular formula is C22H30N2O6. The standard InChI is InChI=1S/C22H30N2O6/c1-15(2)19-14-30-22(27)24(19)21(26)17(12-16-4-6-18(28-3)7-5-16)13-20(25)23-8-10-29-11-9-23/h4-7,15,17,19H,8-14H2,1-3H3/t17-,19?/m1/s1. The highest BCUT2D eigenvalue weighted by molar-refractivity contribution is 5.96. The van der Waals surface area contributed by atoms with Crippen molar-refractivity contribution in [1.29, 1.82) is 0 Å². The summed E-state index contributed by atoms with van der Waals surface area (Å²) in [6.45, 7) is 6.11. The topological polar surface area (TPSA) is 85.4 Å². The molecule has 1 aromatic rings. The lowest BCUT2D eigenvalue weighted by molar-refractivity contribution is -0.142. The normalized spacial score (nSPS) is 20.3. The Kier molecular flexibility index (Phi) is 7.31. The molecule has 8 nitrogen and oxygen atoms in total. The van der Waals surface area contributed by atoms with Gasteiger partial charge in [0.2, 0.25) is 11.8 Å². The number of hydrogen-bond donors (Lipinski definition) is 0. The molecule has 0 radical (unpaired) electrons. The van der Waals surface area contributed by atoms with Gasteiger partial charge in [-0.15, -0.1) is 0 Å². The molecule has 0 aliphatic carbocycles. The first-order valence-electron chi connectivity index (χ1n) is 10.4. The highest BCUT2D eigenvalue weighted by atomic mass is 16.6. The van der Waals surface area contributed by atoms with Crippen molar-refractivity contribution >= 4 is 17.9 Å². The average Bonchev–Trinajstić information content (AvgIpc) is 3.15. The second kappa shape index (κ2) is 9.93. The Hall–Kier alpha value is -2.61. The summed E-state index contributed by atoms with van der Waals surface area (Å²) in [6.07, 6.45) is -0.232. The number of imide groups is 1. The first-order valence-corrected chi connectivity index (χ1v) is 10.4. The Morgan fingerprint density at radius 3 is 2.43 bits per heavy atom. The third-order valence-corrected chi connectivity index (χ3v) is 5.69. The van der Waals surface area contributed by atoms with E-state index in [2.05, 4.69) is 0 Å². The number of amides is 3.